The number of aryl methyl sites for hydroxylation is 3. The van der Waals surface area contributed by atoms with E-state index in [0.29, 0.717) is 6.04 Å². The predicted octanol–water partition coefficient (Wildman–Crippen LogP) is 2.39. The first-order valence-electron chi connectivity index (χ1n) is 6.29. The molecule has 0 saturated carbocycles. The van der Waals surface area contributed by atoms with E-state index in [1.165, 1.54) is 4.88 Å². The molecule has 0 saturated heterocycles. The number of rotatable bonds is 6. The van der Waals surface area contributed by atoms with Crippen LogP contribution in [0, 0.1) is 6.92 Å². The van der Waals surface area contributed by atoms with E-state index in [1.54, 1.807) is 11.3 Å². The van der Waals surface area contributed by atoms with Gasteiger partial charge in [-0.1, -0.05) is 13.8 Å². The third-order valence-electron chi connectivity index (χ3n) is 2.89. The molecule has 0 aromatic carbocycles. The van der Waals surface area contributed by atoms with Crippen LogP contribution in [0.1, 0.15) is 30.2 Å². The van der Waals surface area contributed by atoms with Gasteiger partial charge in [-0.15, -0.1) is 11.3 Å². The SMILES string of the molecule is Cc1ncsc1CCn1ccnc1CNC(C)C. The van der Waals surface area contributed by atoms with Crippen LogP contribution in [0.3, 0.4) is 0 Å². The molecule has 0 bridgehead atoms. The van der Waals surface area contributed by atoms with Crippen LogP contribution >= 0.6 is 11.3 Å². The van der Waals surface area contributed by atoms with Gasteiger partial charge >= 0.3 is 0 Å². The van der Waals surface area contributed by atoms with Crippen molar-refractivity contribution in [2.45, 2.75) is 46.3 Å². The van der Waals surface area contributed by atoms with E-state index in [2.05, 4.69) is 40.6 Å². The Morgan fingerprint density at radius 1 is 1.39 bits per heavy atom. The molecule has 0 atom stereocenters. The van der Waals surface area contributed by atoms with Crippen molar-refractivity contribution in [3.8, 4) is 0 Å². The zero-order chi connectivity index (χ0) is 13.0. The molecule has 0 unspecified atom stereocenters. The predicted molar refractivity (Wildman–Crippen MR) is 74.8 cm³/mol. The van der Waals surface area contributed by atoms with Gasteiger partial charge in [-0.25, -0.2) is 9.97 Å². The molecule has 18 heavy (non-hydrogen) atoms. The topological polar surface area (TPSA) is 42.7 Å². The Hall–Kier alpha value is -1.20. The maximum Gasteiger partial charge on any atom is 0.122 e. The minimum absolute atomic E-state index is 0.485. The Morgan fingerprint density at radius 2 is 2.22 bits per heavy atom. The molecule has 1 N–H and O–H groups in total. The van der Waals surface area contributed by atoms with Gasteiger partial charge in [0.1, 0.15) is 5.82 Å². The maximum absolute atomic E-state index is 4.40. The smallest absolute Gasteiger partial charge is 0.122 e. The van der Waals surface area contributed by atoms with Crippen molar-refractivity contribution < 1.29 is 0 Å². The molecule has 2 heterocycles. The van der Waals surface area contributed by atoms with Gasteiger partial charge in [0, 0.05) is 36.3 Å². The summed E-state index contributed by atoms with van der Waals surface area (Å²) < 4.78 is 2.22. The lowest BCUT2D eigenvalue weighted by molar-refractivity contribution is 0.544. The fraction of sp³-hybridized carbons (Fsp3) is 0.538. The molecular weight excluding hydrogens is 244 g/mol. The van der Waals surface area contributed by atoms with E-state index in [9.17, 15) is 0 Å². The summed E-state index contributed by atoms with van der Waals surface area (Å²) in [5, 5.41) is 3.40. The minimum Gasteiger partial charge on any atom is -0.334 e. The van der Waals surface area contributed by atoms with Crippen molar-refractivity contribution >= 4 is 11.3 Å². The normalized spacial score (nSPS) is 11.3. The third-order valence-corrected chi connectivity index (χ3v) is 3.89. The number of thiazole rings is 1. The van der Waals surface area contributed by atoms with E-state index < -0.39 is 0 Å². The molecule has 2 rings (SSSR count). The van der Waals surface area contributed by atoms with Crippen LogP contribution in [-0.4, -0.2) is 20.6 Å². The fourth-order valence-electron chi connectivity index (χ4n) is 1.79. The molecule has 5 heteroatoms. The standard InChI is InChI=1S/C13H20N4S/c1-10(2)15-8-13-14-5-7-17(13)6-4-12-11(3)16-9-18-12/h5,7,9-10,15H,4,6,8H2,1-3H3. The molecule has 0 aliphatic heterocycles. The number of aromatic nitrogens is 3. The van der Waals surface area contributed by atoms with Gasteiger partial charge in [0.25, 0.3) is 0 Å². The van der Waals surface area contributed by atoms with Gasteiger partial charge in [-0.05, 0) is 6.92 Å². The largest absolute Gasteiger partial charge is 0.334 e. The third kappa shape index (κ3) is 3.40. The van der Waals surface area contributed by atoms with Crippen molar-refractivity contribution in [1.29, 1.82) is 0 Å². The number of hydrogen-bond donors (Lipinski definition) is 1. The zero-order valence-corrected chi connectivity index (χ0v) is 12.0. The van der Waals surface area contributed by atoms with E-state index in [4.69, 9.17) is 0 Å². The molecule has 2 aromatic heterocycles. The van der Waals surface area contributed by atoms with Crippen molar-refractivity contribution in [1.82, 2.24) is 19.9 Å². The summed E-state index contributed by atoms with van der Waals surface area (Å²) >= 11 is 1.74. The van der Waals surface area contributed by atoms with Gasteiger partial charge in [-0.3, -0.25) is 0 Å². The summed E-state index contributed by atoms with van der Waals surface area (Å²) in [5.41, 5.74) is 3.07. The molecule has 0 fully saturated rings. The molecule has 2 aromatic rings. The van der Waals surface area contributed by atoms with Crippen molar-refractivity contribution in [2.24, 2.45) is 0 Å². The number of imidazole rings is 1. The summed E-state index contributed by atoms with van der Waals surface area (Å²) in [7, 11) is 0. The van der Waals surface area contributed by atoms with Crippen molar-refractivity contribution in [2.75, 3.05) is 0 Å². The van der Waals surface area contributed by atoms with E-state index in [1.807, 2.05) is 17.9 Å². The van der Waals surface area contributed by atoms with Crippen LogP contribution in [0.25, 0.3) is 0 Å². The van der Waals surface area contributed by atoms with Crippen LogP contribution in [-0.2, 0) is 19.5 Å². The lowest BCUT2D eigenvalue weighted by atomic mass is 10.3. The molecule has 0 aliphatic rings. The molecule has 0 amide bonds. The average Bonchev–Trinajstić information content (AvgIpc) is 2.92. The molecule has 0 radical (unpaired) electrons. The first-order valence-corrected chi connectivity index (χ1v) is 7.17. The second kappa shape index (κ2) is 6.11. The van der Waals surface area contributed by atoms with Crippen molar-refractivity contribution in [3.05, 3.63) is 34.3 Å². The molecule has 98 valence electrons. The highest BCUT2D eigenvalue weighted by atomic mass is 32.1. The first-order chi connectivity index (χ1) is 8.66. The summed E-state index contributed by atoms with van der Waals surface area (Å²) in [4.78, 5) is 10.0. The number of nitrogens with one attached hydrogen (secondary N) is 1. The highest BCUT2D eigenvalue weighted by Gasteiger charge is 2.06. The van der Waals surface area contributed by atoms with Crippen LogP contribution < -0.4 is 5.32 Å². The van der Waals surface area contributed by atoms with Crippen LogP contribution in [0.4, 0.5) is 0 Å². The Balaban J connectivity index is 1.93. The second-order valence-corrected chi connectivity index (χ2v) is 5.62. The molecule has 4 nitrogen and oxygen atoms in total. The Kier molecular flexibility index (Phi) is 4.49. The first kappa shape index (κ1) is 13.2. The summed E-state index contributed by atoms with van der Waals surface area (Å²) in [6, 6.07) is 0.485. The Bertz CT molecular complexity index is 487. The lowest BCUT2D eigenvalue weighted by Gasteiger charge is -2.10. The van der Waals surface area contributed by atoms with Gasteiger partial charge in [0.15, 0.2) is 0 Å². The van der Waals surface area contributed by atoms with Crippen LogP contribution in [0.5, 0.6) is 0 Å². The van der Waals surface area contributed by atoms with E-state index >= 15 is 0 Å². The second-order valence-electron chi connectivity index (χ2n) is 4.68. The number of nitrogens with zero attached hydrogens (tertiary/aromatic N) is 3. The van der Waals surface area contributed by atoms with E-state index in [-0.39, 0.29) is 0 Å². The Labute approximate surface area is 112 Å². The molecule has 0 aliphatic carbocycles. The summed E-state index contributed by atoms with van der Waals surface area (Å²) in [6.07, 6.45) is 4.95. The van der Waals surface area contributed by atoms with Gasteiger partial charge in [-0.2, -0.15) is 0 Å². The van der Waals surface area contributed by atoms with E-state index in [0.717, 1.165) is 31.0 Å². The Morgan fingerprint density at radius 3 is 2.89 bits per heavy atom. The fourth-order valence-corrected chi connectivity index (χ4v) is 2.56. The monoisotopic (exact) mass is 264 g/mol. The molecule has 0 spiro atoms. The maximum atomic E-state index is 4.40. The van der Waals surface area contributed by atoms with Crippen molar-refractivity contribution in [3.63, 3.8) is 0 Å². The highest BCUT2D eigenvalue weighted by molar-refractivity contribution is 7.09. The summed E-state index contributed by atoms with van der Waals surface area (Å²) in [5.74, 6) is 1.10. The van der Waals surface area contributed by atoms with Gasteiger partial charge < -0.3 is 9.88 Å². The molecular formula is C13H20N4S. The van der Waals surface area contributed by atoms with Gasteiger partial charge in [0.05, 0.1) is 17.7 Å². The van der Waals surface area contributed by atoms with Crippen LogP contribution in [0.2, 0.25) is 0 Å². The zero-order valence-electron chi connectivity index (χ0n) is 11.2. The quantitative estimate of drug-likeness (QED) is 0.871. The average molecular weight is 264 g/mol. The minimum atomic E-state index is 0.485. The summed E-state index contributed by atoms with van der Waals surface area (Å²) in [6.45, 7) is 8.16. The number of hydrogen-bond acceptors (Lipinski definition) is 4. The van der Waals surface area contributed by atoms with Gasteiger partial charge in [0.2, 0.25) is 0 Å². The lowest BCUT2D eigenvalue weighted by Crippen LogP contribution is -2.24. The highest BCUT2D eigenvalue weighted by Crippen LogP contribution is 2.14. The van der Waals surface area contributed by atoms with Crippen LogP contribution in [0.15, 0.2) is 17.9 Å².